The third kappa shape index (κ3) is 10.6. The smallest absolute Gasteiger partial charge is 0.414 e. The van der Waals surface area contributed by atoms with Gasteiger partial charge < -0.3 is 19.8 Å². The first-order chi connectivity index (χ1) is 12.9. The van der Waals surface area contributed by atoms with Gasteiger partial charge >= 0.3 is 11.9 Å². The number of ether oxygens (including phenoxy) is 1. The lowest BCUT2D eigenvalue weighted by molar-refractivity contribution is -0.159. The average Bonchev–Trinajstić information content (AvgIpc) is 2.66. The van der Waals surface area contributed by atoms with Crippen molar-refractivity contribution in [3.63, 3.8) is 0 Å². The van der Waals surface area contributed by atoms with Crippen LogP contribution in [0.3, 0.4) is 0 Å². The van der Waals surface area contributed by atoms with E-state index in [1.807, 2.05) is 0 Å². The Morgan fingerprint density at radius 3 is 2.07 bits per heavy atom. The second-order valence-corrected chi connectivity index (χ2v) is 7.15. The van der Waals surface area contributed by atoms with Crippen molar-refractivity contribution in [2.24, 2.45) is 0 Å². The Morgan fingerprint density at radius 2 is 1.56 bits per heavy atom. The van der Waals surface area contributed by atoms with Crippen LogP contribution in [0.15, 0.2) is 24.3 Å². The molecule has 0 radical (unpaired) electrons. The van der Waals surface area contributed by atoms with E-state index in [4.69, 9.17) is 24.5 Å². The van der Waals surface area contributed by atoms with E-state index in [9.17, 15) is 0 Å². The van der Waals surface area contributed by atoms with E-state index in [2.05, 4.69) is 43.0 Å². The number of hydrogen-bond donors (Lipinski definition) is 2. The highest BCUT2D eigenvalue weighted by atomic mass is 16.5. The number of rotatable bonds is 8. The molecule has 2 N–H and O–H groups in total. The molecular weight excluding hydrogens is 346 g/mol. The lowest BCUT2D eigenvalue weighted by atomic mass is 10.0. The highest BCUT2D eigenvalue weighted by Gasteiger charge is 2.08. The van der Waals surface area contributed by atoms with Gasteiger partial charge in [0.15, 0.2) is 0 Å². The van der Waals surface area contributed by atoms with E-state index in [1.54, 1.807) is 0 Å². The predicted octanol–water partition coefficient (Wildman–Crippen LogP) is 4.00. The number of benzene rings is 1. The fourth-order valence-corrected chi connectivity index (χ4v) is 2.94. The van der Waals surface area contributed by atoms with Crippen molar-refractivity contribution in [1.82, 2.24) is 4.90 Å². The molecule has 1 fully saturated rings. The molecule has 27 heavy (non-hydrogen) atoms. The maximum atomic E-state index is 9.10. The zero-order chi connectivity index (χ0) is 20.1. The number of hydrogen-bond acceptors (Lipinski definition) is 4. The molecule has 6 heteroatoms. The maximum Gasteiger partial charge on any atom is 0.414 e. The molecule has 0 amide bonds. The molecule has 0 saturated carbocycles. The van der Waals surface area contributed by atoms with Crippen molar-refractivity contribution in [2.75, 3.05) is 26.2 Å². The van der Waals surface area contributed by atoms with E-state index in [-0.39, 0.29) is 0 Å². The molecular formula is C21H33NO5. The van der Waals surface area contributed by atoms with Crippen molar-refractivity contribution in [2.45, 2.75) is 58.3 Å². The lowest BCUT2D eigenvalue weighted by Crippen LogP contribution is -2.30. The van der Waals surface area contributed by atoms with Crippen molar-refractivity contribution >= 4 is 11.9 Å². The Kier molecular flexibility index (Phi) is 11.2. The van der Waals surface area contributed by atoms with Crippen LogP contribution in [0.1, 0.15) is 63.9 Å². The molecule has 1 aliphatic heterocycles. The molecule has 152 valence electrons. The van der Waals surface area contributed by atoms with Gasteiger partial charge in [-0.15, -0.1) is 0 Å². The molecule has 2 rings (SSSR count). The number of carboxylic acids is 2. The molecule has 0 aromatic heterocycles. The molecule has 0 atom stereocenters. The summed E-state index contributed by atoms with van der Waals surface area (Å²) in [6.45, 7) is 9.21. The van der Waals surface area contributed by atoms with E-state index >= 15 is 0 Å². The van der Waals surface area contributed by atoms with Gasteiger partial charge in [-0.2, -0.15) is 0 Å². The SMILES string of the molecule is CC(C)c1ccc(OCCCCCN2CCCCC2)cc1.O=C(O)C(=O)O. The van der Waals surface area contributed by atoms with E-state index in [0.29, 0.717) is 5.92 Å². The predicted molar refractivity (Wildman–Crippen MR) is 105 cm³/mol. The minimum absolute atomic E-state index is 0.592. The van der Waals surface area contributed by atoms with Gasteiger partial charge in [-0.1, -0.05) is 32.4 Å². The van der Waals surface area contributed by atoms with Gasteiger partial charge in [-0.25, -0.2) is 9.59 Å². The Bertz CT molecular complexity index is 538. The quantitative estimate of drug-likeness (QED) is 0.524. The van der Waals surface area contributed by atoms with Crippen molar-refractivity contribution < 1.29 is 24.5 Å². The molecule has 1 heterocycles. The number of nitrogens with zero attached hydrogens (tertiary/aromatic N) is 1. The maximum absolute atomic E-state index is 9.10. The summed E-state index contributed by atoms with van der Waals surface area (Å²) < 4.78 is 5.82. The lowest BCUT2D eigenvalue weighted by Gasteiger charge is -2.26. The molecule has 0 bridgehead atoms. The molecule has 1 saturated heterocycles. The van der Waals surface area contributed by atoms with Crippen molar-refractivity contribution in [3.05, 3.63) is 29.8 Å². The van der Waals surface area contributed by atoms with Gasteiger partial charge in [-0.3, -0.25) is 0 Å². The van der Waals surface area contributed by atoms with Crippen LogP contribution in [0, 0.1) is 0 Å². The van der Waals surface area contributed by atoms with Crippen LogP contribution < -0.4 is 4.74 Å². The topological polar surface area (TPSA) is 87.1 Å². The second-order valence-electron chi connectivity index (χ2n) is 7.15. The van der Waals surface area contributed by atoms with Gasteiger partial charge in [0, 0.05) is 0 Å². The average molecular weight is 379 g/mol. The summed E-state index contributed by atoms with van der Waals surface area (Å²) >= 11 is 0. The molecule has 1 aromatic carbocycles. The summed E-state index contributed by atoms with van der Waals surface area (Å²) in [5, 5.41) is 14.8. The largest absolute Gasteiger partial charge is 0.494 e. The summed E-state index contributed by atoms with van der Waals surface area (Å²) in [5.74, 6) is -2.05. The number of likely N-dealkylation sites (tertiary alicyclic amines) is 1. The first-order valence-corrected chi connectivity index (χ1v) is 9.81. The first-order valence-electron chi connectivity index (χ1n) is 9.81. The highest BCUT2D eigenvalue weighted by molar-refractivity contribution is 6.27. The van der Waals surface area contributed by atoms with Crippen molar-refractivity contribution in [3.8, 4) is 5.75 Å². The van der Waals surface area contributed by atoms with Gasteiger partial charge in [0.2, 0.25) is 0 Å². The molecule has 1 aromatic rings. The third-order valence-corrected chi connectivity index (χ3v) is 4.57. The fraction of sp³-hybridized carbons (Fsp3) is 0.619. The van der Waals surface area contributed by atoms with Gasteiger partial charge in [0.1, 0.15) is 5.75 Å². The third-order valence-electron chi connectivity index (χ3n) is 4.57. The Balaban J connectivity index is 0.000000527. The standard InChI is InChI=1S/C19H31NO.C2H2O4/c1-17(2)18-9-11-19(12-10-18)21-16-8-4-7-15-20-13-5-3-6-14-20;3-1(4)2(5)6/h9-12,17H,3-8,13-16H2,1-2H3;(H,3,4)(H,5,6). The van der Waals surface area contributed by atoms with Crippen LogP contribution in [0.5, 0.6) is 5.75 Å². The first kappa shape index (κ1) is 23.0. The molecule has 1 aliphatic rings. The molecule has 0 unspecified atom stereocenters. The molecule has 0 spiro atoms. The molecule has 0 aliphatic carbocycles. The van der Waals surface area contributed by atoms with Crippen molar-refractivity contribution in [1.29, 1.82) is 0 Å². The fourth-order valence-electron chi connectivity index (χ4n) is 2.94. The zero-order valence-electron chi connectivity index (χ0n) is 16.5. The Morgan fingerprint density at radius 1 is 0.963 bits per heavy atom. The summed E-state index contributed by atoms with van der Waals surface area (Å²) in [6.07, 6.45) is 7.99. The summed E-state index contributed by atoms with van der Waals surface area (Å²) in [7, 11) is 0. The van der Waals surface area contributed by atoms with Gasteiger partial charge in [0.25, 0.3) is 0 Å². The van der Waals surface area contributed by atoms with Gasteiger partial charge in [0.05, 0.1) is 6.61 Å². The number of carboxylic acid groups (broad SMARTS) is 2. The second kappa shape index (κ2) is 13.1. The number of piperidine rings is 1. The minimum atomic E-state index is -1.82. The Labute approximate surface area is 162 Å². The van der Waals surface area contributed by atoms with Gasteiger partial charge in [-0.05, 0) is 75.4 Å². The van der Waals surface area contributed by atoms with Crippen LogP contribution in [0.25, 0.3) is 0 Å². The van der Waals surface area contributed by atoms with E-state index in [1.165, 1.54) is 63.7 Å². The number of carbonyl (C=O) groups is 2. The minimum Gasteiger partial charge on any atom is -0.494 e. The number of unbranched alkanes of at least 4 members (excludes halogenated alkanes) is 2. The Hall–Kier alpha value is -2.08. The molecule has 6 nitrogen and oxygen atoms in total. The van der Waals surface area contributed by atoms with Crippen LogP contribution in [0.4, 0.5) is 0 Å². The summed E-state index contributed by atoms with van der Waals surface area (Å²) in [4.78, 5) is 20.8. The highest BCUT2D eigenvalue weighted by Crippen LogP contribution is 2.18. The monoisotopic (exact) mass is 379 g/mol. The van der Waals surface area contributed by atoms with Crippen LogP contribution in [-0.2, 0) is 9.59 Å². The zero-order valence-corrected chi connectivity index (χ0v) is 16.5. The van der Waals surface area contributed by atoms with Crippen LogP contribution >= 0.6 is 0 Å². The van der Waals surface area contributed by atoms with Crippen LogP contribution in [-0.4, -0.2) is 53.3 Å². The van der Waals surface area contributed by atoms with E-state index in [0.717, 1.165) is 12.4 Å². The normalized spacial score (nSPS) is 14.3. The summed E-state index contributed by atoms with van der Waals surface area (Å²) in [6, 6.07) is 8.55. The van der Waals surface area contributed by atoms with E-state index < -0.39 is 11.9 Å². The van der Waals surface area contributed by atoms with Crippen LogP contribution in [0.2, 0.25) is 0 Å². The summed E-state index contributed by atoms with van der Waals surface area (Å²) in [5.41, 5.74) is 1.38. The number of aliphatic carboxylic acids is 2.